The van der Waals surface area contributed by atoms with Gasteiger partial charge in [0.2, 0.25) is 17.6 Å². The summed E-state index contributed by atoms with van der Waals surface area (Å²) < 4.78 is 5.57. The van der Waals surface area contributed by atoms with Gasteiger partial charge in [-0.15, -0.1) is 0 Å². The summed E-state index contributed by atoms with van der Waals surface area (Å²) in [6.45, 7) is 2.55. The van der Waals surface area contributed by atoms with Crippen LogP contribution in [0.15, 0.2) is 45.9 Å². The smallest absolute Gasteiger partial charge is 0.244 e. The van der Waals surface area contributed by atoms with Crippen molar-refractivity contribution in [3.8, 4) is 11.4 Å². The maximum Gasteiger partial charge on any atom is 0.244 e. The second-order valence-electron chi connectivity index (χ2n) is 7.89. The van der Waals surface area contributed by atoms with E-state index in [1.54, 1.807) is 23.7 Å². The van der Waals surface area contributed by atoms with Crippen LogP contribution in [0.2, 0.25) is 0 Å². The van der Waals surface area contributed by atoms with Crippen LogP contribution in [0, 0.1) is 5.41 Å². The van der Waals surface area contributed by atoms with Gasteiger partial charge < -0.3 is 9.42 Å². The van der Waals surface area contributed by atoms with Crippen molar-refractivity contribution >= 4 is 17.2 Å². The number of carbonyl (C=O) groups excluding carboxylic acids is 1. The summed E-state index contributed by atoms with van der Waals surface area (Å²) in [4.78, 5) is 25.4. The summed E-state index contributed by atoms with van der Waals surface area (Å²) in [6, 6.07) is 5.89. The van der Waals surface area contributed by atoms with Crippen LogP contribution in [0.3, 0.4) is 0 Å². The van der Waals surface area contributed by atoms with Crippen molar-refractivity contribution in [2.45, 2.75) is 18.9 Å². The van der Waals surface area contributed by atoms with Gasteiger partial charge in [0.25, 0.3) is 0 Å². The molecular formula is C20H21N5O2S. The van der Waals surface area contributed by atoms with Gasteiger partial charge in [-0.05, 0) is 48.0 Å². The fourth-order valence-corrected chi connectivity index (χ4v) is 5.05. The quantitative estimate of drug-likeness (QED) is 0.676. The molecule has 0 N–H and O–H groups in total. The Kier molecular flexibility index (Phi) is 4.25. The molecule has 3 aromatic rings. The van der Waals surface area contributed by atoms with E-state index in [0.29, 0.717) is 18.1 Å². The first-order chi connectivity index (χ1) is 13.6. The van der Waals surface area contributed by atoms with Crippen molar-refractivity contribution in [1.82, 2.24) is 24.9 Å². The molecule has 1 atom stereocenters. The summed E-state index contributed by atoms with van der Waals surface area (Å²) in [5.41, 5.74) is 2.08. The second-order valence-corrected chi connectivity index (χ2v) is 8.67. The van der Waals surface area contributed by atoms with Crippen molar-refractivity contribution < 1.29 is 9.32 Å². The number of hydrogen-bond donors (Lipinski definition) is 0. The Hall–Kier alpha value is -2.58. The highest BCUT2D eigenvalue weighted by Gasteiger charge is 2.53. The van der Waals surface area contributed by atoms with Gasteiger partial charge in [0.1, 0.15) is 0 Å². The Bertz CT molecular complexity index is 966. The molecule has 28 heavy (non-hydrogen) atoms. The Labute approximate surface area is 167 Å². The summed E-state index contributed by atoms with van der Waals surface area (Å²) in [7, 11) is 2.09. The number of rotatable bonds is 4. The van der Waals surface area contributed by atoms with E-state index >= 15 is 0 Å². The second kappa shape index (κ2) is 6.79. The molecule has 2 aliphatic rings. The number of hydrogen-bond acceptors (Lipinski definition) is 7. The summed E-state index contributed by atoms with van der Waals surface area (Å²) in [5, 5.41) is 8.18. The summed E-state index contributed by atoms with van der Waals surface area (Å²) in [5.74, 6) is 1.42. The molecule has 0 aromatic carbocycles. The minimum Gasteiger partial charge on any atom is -0.341 e. The average Bonchev–Trinajstić information content (AvgIpc) is 3.40. The fourth-order valence-electron chi connectivity index (χ4n) is 4.38. The van der Waals surface area contributed by atoms with Crippen molar-refractivity contribution in [3.05, 3.63) is 52.8 Å². The van der Waals surface area contributed by atoms with Gasteiger partial charge in [-0.2, -0.15) is 16.3 Å². The van der Waals surface area contributed by atoms with Gasteiger partial charge in [-0.3, -0.25) is 14.7 Å². The number of thiophene rings is 1. The van der Waals surface area contributed by atoms with Crippen LogP contribution in [0.5, 0.6) is 0 Å². The lowest BCUT2D eigenvalue weighted by atomic mass is 9.77. The topological polar surface area (TPSA) is 75.4 Å². The van der Waals surface area contributed by atoms with E-state index in [2.05, 4.69) is 27.1 Å². The van der Waals surface area contributed by atoms with Gasteiger partial charge in [-0.1, -0.05) is 5.16 Å². The minimum absolute atomic E-state index is 0.0899. The first-order valence-electron chi connectivity index (χ1n) is 9.35. The Morgan fingerprint density at radius 1 is 1.36 bits per heavy atom. The lowest BCUT2D eigenvalue weighted by Crippen LogP contribution is -2.59. The third-order valence-corrected chi connectivity index (χ3v) is 6.46. The average molecular weight is 395 g/mol. The maximum absolute atomic E-state index is 12.5. The van der Waals surface area contributed by atoms with Crippen LogP contribution in [-0.4, -0.2) is 57.5 Å². The highest BCUT2D eigenvalue weighted by molar-refractivity contribution is 7.08. The van der Waals surface area contributed by atoms with E-state index in [1.165, 1.54) is 0 Å². The van der Waals surface area contributed by atoms with Gasteiger partial charge in [0.15, 0.2) is 0 Å². The number of carbonyl (C=O) groups is 1. The van der Waals surface area contributed by atoms with E-state index in [1.807, 2.05) is 33.9 Å². The standard InChI is InChI=1S/C20H21N5O2S/c1-24-11-20(12-25(13-20)17(26)7-14-4-6-28-10-14)8-16(24)19-22-18(23-27-19)15-3-2-5-21-9-15/h2-6,9-10,16H,7-8,11-13H2,1H3. The van der Waals surface area contributed by atoms with Crippen LogP contribution in [0.1, 0.15) is 23.9 Å². The molecule has 2 saturated heterocycles. The van der Waals surface area contributed by atoms with E-state index in [9.17, 15) is 4.79 Å². The van der Waals surface area contributed by atoms with E-state index in [-0.39, 0.29) is 17.4 Å². The molecule has 0 radical (unpaired) electrons. The zero-order valence-electron chi connectivity index (χ0n) is 15.6. The molecule has 0 saturated carbocycles. The molecule has 7 nitrogen and oxygen atoms in total. The molecule has 0 bridgehead atoms. The Morgan fingerprint density at radius 3 is 3.00 bits per heavy atom. The zero-order valence-corrected chi connectivity index (χ0v) is 16.4. The Balaban J connectivity index is 1.24. The Morgan fingerprint density at radius 2 is 2.25 bits per heavy atom. The highest BCUT2D eigenvalue weighted by Crippen LogP contribution is 2.47. The summed E-state index contributed by atoms with van der Waals surface area (Å²) in [6.07, 6.45) is 4.88. The van der Waals surface area contributed by atoms with Gasteiger partial charge in [0, 0.05) is 43.0 Å². The monoisotopic (exact) mass is 395 g/mol. The van der Waals surface area contributed by atoms with Gasteiger partial charge in [-0.25, -0.2) is 0 Å². The van der Waals surface area contributed by atoms with Crippen molar-refractivity contribution in [2.75, 3.05) is 26.7 Å². The maximum atomic E-state index is 12.5. The number of aromatic nitrogens is 3. The largest absolute Gasteiger partial charge is 0.341 e. The molecule has 2 aliphatic heterocycles. The predicted octanol–water partition coefficient (Wildman–Crippen LogP) is 2.64. The summed E-state index contributed by atoms with van der Waals surface area (Å²) >= 11 is 1.63. The molecule has 2 fully saturated rings. The molecule has 0 aliphatic carbocycles. The molecule has 1 amide bonds. The lowest BCUT2D eigenvalue weighted by molar-refractivity contribution is -0.141. The first-order valence-corrected chi connectivity index (χ1v) is 10.3. The van der Waals surface area contributed by atoms with E-state index in [0.717, 1.165) is 37.2 Å². The number of likely N-dealkylation sites (tertiary alicyclic amines) is 2. The molecule has 1 spiro atoms. The third-order valence-electron chi connectivity index (χ3n) is 5.73. The molecule has 144 valence electrons. The van der Waals surface area contributed by atoms with Crippen molar-refractivity contribution in [1.29, 1.82) is 0 Å². The predicted molar refractivity (Wildman–Crippen MR) is 105 cm³/mol. The lowest BCUT2D eigenvalue weighted by Gasteiger charge is -2.48. The van der Waals surface area contributed by atoms with Crippen molar-refractivity contribution in [2.24, 2.45) is 5.41 Å². The first kappa shape index (κ1) is 17.5. The molecule has 8 heteroatoms. The van der Waals surface area contributed by atoms with Crippen molar-refractivity contribution in [3.63, 3.8) is 0 Å². The van der Waals surface area contributed by atoms with E-state index < -0.39 is 0 Å². The van der Waals surface area contributed by atoms with Crippen LogP contribution in [-0.2, 0) is 11.2 Å². The van der Waals surface area contributed by atoms with E-state index in [4.69, 9.17) is 4.52 Å². The molecule has 5 heterocycles. The van der Waals surface area contributed by atoms with Gasteiger partial charge >= 0.3 is 0 Å². The van der Waals surface area contributed by atoms with Crippen LogP contribution < -0.4 is 0 Å². The molecule has 5 rings (SSSR count). The van der Waals surface area contributed by atoms with Crippen LogP contribution in [0.25, 0.3) is 11.4 Å². The van der Waals surface area contributed by atoms with Gasteiger partial charge in [0.05, 0.1) is 12.5 Å². The number of amides is 1. The third kappa shape index (κ3) is 3.12. The fraction of sp³-hybridized carbons (Fsp3) is 0.400. The zero-order chi connectivity index (χ0) is 19.1. The number of pyridine rings is 1. The molecule has 1 unspecified atom stereocenters. The molecular weight excluding hydrogens is 374 g/mol. The number of nitrogens with zero attached hydrogens (tertiary/aromatic N) is 5. The SMILES string of the molecule is CN1CC2(CC1c1nc(-c3cccnc3)no1)CN(C(=O)Cc1ccsc1)C2. The molecule has 3 aromatic heterocycles. The normalized spacial score (nSPS) is 21.2. The highest BCUT2D eigenvalue weighted by atomic mass is 32.1. The minimum atomic E-state index is 0.0899. The van der Waals surface area contributed by atoms with Crippen LogP contribution >= 0.6 is 11.3 Å². The van der Waals surface area contributed by atoms with Crippen LogP contribution in [0.4, 0.5) is 0 Å².